The summed E-state index contributed by atoms with van der Waals surface area (Å²) in [5.41, 5.74) is 4.58. The average molecular weight is 300 g/mol. The first kappa shape index (κ1) is 13.8. The minimum Gasteiger partial charge on any atom is -0.280 e. The van der Waals surface area contributed by atoms with Crippen molar-refractivity contribution in [2.24, 2.45) is 4.99 Å². The molecule has 1 N–H and O–H groups in total. The minimum atomic E-state index is -3.56. The maximum Gasteiger partial charge on any atom is 0.261 e. The van der Waals surface area contributed by atoms with E-state index in [0.717, 1.165) is 28.9 Å². The van der Waals surface area contributed by atoms with Crippen LogP contribution in [-0.4, -0.2) is 14.1 Å². The normalized spacial score (nSPS) is 13.7. The topological polar surface area (TPSA) is 58.5 Å². The molecule has 0 atom stereocenters. The van der Waals surface area contributed by atoms with Gasteiger partial charge in [-0.05, 0) is 43.7 Å². The summed E-state index contributed by atoms with van der Waals surface area (Å²) < 4.78 is 27.3. The van der Waals surface area contributed by atoms with Gasteiger partial charge >= 0.3 is 0 Å². The Morgan fingerprint density at radius 1 is 1.05 bits per heavy atom. The number of hydrogen-bond donors (Lipinski definition) is 1. The third kappa shape index (κ3) is 2.83. The van der Waals surface area contributed by atoms with Crippen molar-refractivity contribution >= 4 is 27.1 Å². The van der Waals surface area contributed by atoms with Gasteiger partial charge in [-0.2, -0.15) is 0 Å². The van der Waals surface area contributed by atoms with Gasteiger partial charge in [0.25, 0.3) is 10.0 Å². The van der Waals surface area contributed by atoms with Crippen molar-refractivity contribution in [1.29, 1.82) is 0 Å². The Labute approximate surface area is 124 Å². The second kappa shape index (κ2) is 5.00. The fourth-order valence-corrected chi connectivity index (χ4v) is 3.38. The van der Waals surface area contributed by atoms with Crippen molar-refractivity contribution in [3.05, 3.63) is 53.6 Å². The van der Waals surface area contributed by atoms with Gasteiger partial charge in [0.2, 0.25) is 0 Å². The summed E-state index contributed by atoms with van der Waals surface area (Å²) >= 11 is 0. The van der Waals surface area contributed by atoms with Crippen LogP contribution in [-0.2, 0) is 16.4 Å². The van der Waals surface area contributed by atoms with E-state index in [-0.39, 0.29) is 4.90 Å². The van der Waals surface area contributed by atoms with Gasteiger partial charge in [-0.25, -0.2) is 8.42 Å². The van der Waals surface area contributed by atoms with Gasteiger partial charge in [0, 0.05) is 12.1 Å². The SMILES string of the molecule is CC1=Nc2cc(NS(=O)(=O)c3ccc(C)cc3)ccc2C1. The Hall–Kier alpha value is -2.14. The fourth-order valence-electron chi connectivity index (χ4n) is 2.33. The summed E-state index contributed by atoms with van der Waals surface area (Å²) in [5.74, 6) is 0. The first-order valence-corrected chi connectivity index (χ1v) is 8.19. The molecular formula is C16H16N2O2S. The van der Waals surface area contributed by atoms with Gasteiger partial charge in [-0.1, -0.05) is 23.8 Å². The number of aliphatic imine (C=N–C) groups is 1. The first-order valence-electron chi connectivity index (χ1n) is 6.71. The Morgan fingerprint density at radius 3 is 2.48 bits per heavy atom. The van der Waals surface area contributed by atoms with Gasteiger partial charge in [0.1, 0.15) is 0 Å². The molecule has 0 spiro atoms. The second-order valence-electron chi connectivity index (χ2n) is 5.29. The molecule has 2 aromatic carbocycles. The molecule has 5 heteroatoms. The molecule has 0 saturated heterocycles. The zero-order chi connectivity index (χ0) is 15.0. The highest BCUT2D eigenvalue weighted by Gasteiger charge is 2.16. The lowest BCUT2D eigenvalue weighted by molar-refractivity contribution is 0.601. The summed E-state index contributed by atoms with van der Waals surface area (Å²) in [6.07, 6.45) is 0.834. The van der Waals surface area contributed by atoms with Gasteiger partial charge in [0.15, 0.2) is 0 Å². The quantitative estimate of drug-likeness (QED) is 0.944. The van der Waals surface area contributed by atoms with Crippen LogP contribution in [0.2, 0.25) is 0 Å². The number of nitrogens with zero attached hydrogens (tertiary/aromatic N) is 1. The van der Waals surface area contributed by atoms with E-state index >= 15 is 0 Å². The van der Waals surface area contributed by atoms with E-state index in [2.05, 4.69) is 9.71 Å². The Kier molecular flexibility index (Phi) is 3.29. The molecule has 1 heterocycles. The van der Waals surface area contributed by atoms with E-state index in [1.165, 1.54) is 0 Å². The highest BCUT2D eigenvalue weighted by molar-refractivity contribution is 7.92. The van der Waals surface area contributed by atoms with Crippen LogP contribution in [0.1, 0.15) is 18.1 Å². The van der Waals surface area contributed by atoms with Gasteiger partial charge < -0.3 is 0 Å². The predicted molar refractivity (Wildman–Crippen MR) is 84.9 cm³/mol. The van der Waals surface area contributed by atoms with Crippen molar-refractivity contribution < 1.29 is 8.42 Å². The summed E-state index contributed by atoms with van der Waals surface area (Å²) in [6.45, 7) is 3.89. The standard InChI is InChI=1S/C16H16N2O2S/c1-11-3-7-15(8-4-11)21(19,20)18-14-6-5-13-9-12(2)17-16(13)10-14/h3-8,10,18H,9H2,1-2H3. The molecule has 1 aliphatic rings. The number of rotatable bonds is 3. The molecule has 0 radical (unpaired) electrons. The van der Waals surface area contributed by atoms with E-state index in [4.69, 9.17) is 0 Å². The maximum absolute atomic E-state index is 12.3. The lowest BCUT2D eigenvalue weighted by atomic mass is 10.1. The molecule has 2 aromatic rings. The van der Waals surface area contributed by atoms with Crippen LogP contribution in [0.3, 0.4) is 0 Å². The highest BCUT2D eigenvalue weighted by Crippen LogP contribution is 2.30. The van der Waals surface area contributed by atoms with Gasteiger partial charge in [-0.15, -0.1) is 0 Å². The van der Waals surface area contributed by atoms with E-state index in [1.807, 2.05) is 19.9 Å². The molecule has 0 aliphatic carbocycles. The number of benzene rings is 2. The van der Waals surface area contributed by atoms with Crippen LogP contribution < -0.4 is 4.72 Å². The van der Waals surface area contributed by atoms with E-state index in [9.17, 15) is 8.42 Å². The largest absolute Gasteiger partial charge is 0.280 e. The molecule has 4 nitrogen and oxygen atoms in total. The highest BCUT2D eigenvalue weighted by atomic mass is 32.2. The van der Waals surface area contributed by atoms with Crippen LogP contribution in [0.25, 0.3) is 0 Å². The summed E-state index contributed by atoms with van der Waals surface area (Å²) in [4.78, 5) is 4.67. The smallest absolute Gasteiger partial charge is 0.261 e. The van der Waals surface area contributed by atoms with E-state index < -0.39 is 10.0 Å². The lowest BCUT2D eigenvalue weighted by Gasteiger charge is -2.09. The lowest BCUT2D eigenvalue weighted by Crippen LogP contribution is -2.12. The molecule has 108 valence electrons. The Balaban J connectivity index is 1.89. The molecule has 3 rings (SSSR count). The zero-order valence-corrected chi connectivity index (χ0v) is 12.7. The van der Waals surface area contributed by atoms with E-state index in [1.54, 1.807) is 36.4 Å². The van der Waals surface area contributed by atoms with Crippen molar-refractivity contribution in [3.63, 3.8) is 0 Å². The molecule has 0 amide bonds. The number of anilines is 1. The number of aryl methyl sites for hydroxylation is 1. The maximum atomic E-state index is 12.3. The Bertz CT molecular complexity index is 822. The van der Waals surface area contributed by atoms with Crippen molar-refractivity contribution in [1.82, 2.24) is 0 Å². The van der Waals surface area contributed by atoms with Crippen LogP contribution in [0.15, 0.2) is 52.4 Å². The van der Waals surface area contributed by atoms with Crippen LogP contribution in [0, 0.1) is 6.92 Å². The molecule has 0 saturated carbocycles. The third-order valence-electron chi connectivity index (χ3n) is 3.43. The van der Waals surface area contributed by atoms with Gasteiger partial charge in [-0.3, -0.25) is 9.71 Å². The number of sulfonamides is 1. The predicted octanol–water partition coefficient (Wildman–Crippen LogP) is 3.44. The van der Waals surface area contributed by atoms with Crippen molar-refractivity contribution in [2.75, 3.05) is 4.72 Å². The number of fused-ring (bicyclic) bond motifs is 1. The van der Waals surface area contributed by atoms with E-state index in [0.29, 0.717) is 5.69 Å². The fraction of sp³-hybridized carbons (Fsp3) is 0.188. The molecule has 1 aliphatic heterocycles. The van der Waals surface area contributed by atoms with Gasteiger partial charge in [0.05, 0.1) is 16.3 Å². The number of nitrogens with one attached hydrogen (secondary N) is 1. The zero-order valence-electron chi connectivity index (χ0n) is 11.9. The molecular weight excluding hydrogens is 284 g/mol. The minimum absolute atomic E-state index is 0.258. The summed E-state index contributed by atoms with van der Waals surface area (Å²) in [5, 5.41) is 0. The van der Waals surface area contributed by atoms with Crippen LogP contribution in [0.5, 0.6) is 0 Å². The van der Waals surface area contributed by atoms with Crippen molar-refractivity contribution in [3.8, 4) is 0 Å². The Morgan fingerprint density at radius 2 is 1.76 bits per heavy atom. The molecule has 0 bridgehead atoms. The van der Waals surface area contributed by atoms with Crippen LogP contribution in [0.4, 0.5) is 11.4 Å². The molecule has 0 unspecified atom stereocenters. The van der Waals surface area contributed by atoms with Crippen molar-refractivity contribution in [2.45, 2.75) is 25.2 Å². The average Bonchev–Trinajstić information content (AvgIpc) is 2.78. The molecule has 21 heavy (non-hydrogen) atoms. The number of hydrogen-bond acceptors (Lipinski definition) is 3. The monoisotopic (exact) mass is 300 g/mol. The first-order chi connectivity index (χ1) is 9.94. The summed E-state index contributed by atoms with van der Waals surface area (Å²) in [6, 6.07) is 12.2. The third-order valence-corrected chi connectivity index (χ3v) is 4.82. The second-order valence-corrected chi connectivity index (χ2v) is 6.97. The molecule has 0 aromatic heterocycles. The molecule has 0 fully saturated rings. The van der Waals surface area contributed by atoms with Crippen LogP contribution >= 0.6 is 0 Å². The summed E-state index contributed by atoms with van der Waals surface area (Å²) in [7, 11) is -3.56.